The van der Waals surface area contributed by atoms with Crippen LogP contribution in [0.1, 0.15) is 17.4 Å². The number of rotatable bonds is 4. The van der Waals surface area contributed by atoms with Crippen LogP contribution in [0.4, 0.5) is 4.39 Å². The lowest BCUT2D eigenvalue weighted by Crippen LogP contribution is -2.45. The molecule has 0 spiro atoms. The van der Waals surface area contributed by atoms with Crippen molar-refractivity contribution in [2.75, 3.05) is 19.6 Å². The van der Waals surface area contributed by atoms with Crippen molar-refractivity contribution in [3.63, 3.8) is 0 Å². The summed E-state index contributed by atoms with van der Waals surface area (Å²) in [4.78, 5) is 16.3. The number of benzene rings is 2. The van der Waals surface area contributed by atoms with Gasteiger partial charge in [-0.1, -0.05) is 18.2 Å². The van der Waals surface area contributed by atoms with Gasteiger partial charge in [-0.2, -0.15) is 0 Å². The summed E-state index contributed by atoms with van der Waals surface area (Å²) in [5, 5.41) is 3.41. The Kier molecular flexibility index (Phi) is 4.54. The molecule has 4 aromatic rings. The van der Waals surface area contributed by atoms with E-state index in [1.807, 2.05) is 36.4 Å². The normalized spacial score (nSPS) is 17.8. The molecule has 7 heteroatoms. The fourth-order valence-electron chi connectivity index (χ4n) is 3.89. The van der Waals surface area contributed by atoms with E-state index in [1.54, 1.807) is 6.26 Å². The summed E-state index contributed by atoms with van der Waals surface area (Å²) in [5.41, 5.74) is 4.13. The summed E-state index contributed by atoms with van der Waals surface area (Å²) in [6, 6.07) is 14.4. The van der Waals surface area contributed by atoms with Gasteiger partial charge in [0.25, 0.3) is 0 Å². The number of oxazole rings is 1. The maximum absolute atomic E-state index is 13.3. The van der Waals surface area contributed by atoms with Gasteiger partial charge in [-0.3, -0.25) is 9.88 Å². The lowest BCUT2D eigenvalue weighted by Gasteiger charge is -2.36. The second-order valence-electron chi connectivity index (χ2n) is 7.27. The standard InChI is InChI=1S/C22H20FN3O3/c23-17-4-1-14(2-5-17)20-11-24-7-8-26(20)12-18-9-16(13-28-18)15-3-6-19-21(10-15)29-22(27)25-19/h1-6,9-10,13,20,24H,7-8,11-12H2,(H,25,27)/t20-/m1/s1. The van der Waals surface area contributed by atoms with Gasteiger partial charge in [-0.25, -0.2) is 9.18 Å². The van der Waals surface area contributed by atoms with Gasteiger partial charge in [-0.05, 0) is 41.5 Å². The number of H-pyrrole nitrogens is 1. The zero-order valence-corrected chi connectivity index (χ0v) is 15.7. The van der Waals surface area contributed by atoms with Crippen LogP contribution in [0.25, 0.3) is 22.2 Å². The SMILES string of the molecule is O=c1[nH]c2ccc(-c3coc(CN4CCNC[C@@H]4c4ccc(F)cc4)c3)cc2o1. The molecular weight excluding hydrogens is 373 g/mol. The molecule has 6 nitrogen and oxygen atoms in total. The number of nitrogens with zero attached hydrogens (tertiary/aromatic N) is 1. The van der Waals surface area contributed by atoms with E-state index in [0.717, 1.165) is 42.1 Å². The van der Waals surface area contributed by atoms with Gasteiger partial charge in [0, 0.05) is 31.2 Å². The largest absolute Gasteiger partial charge is 0.467 e. The van der Waals surface area contributed by atoms with Gasteiger partial charge >= 0.3 is 5.76 Å². The van der Waals surface area contributed by atoms with Crippen molar-refractivity contribution in [1.82, 2.24) is 15.2 Å². The molecule has 1 aliphatic rings. The van der Waals surface area contributed by atoms with E-state index in [2.05, 4.69) is 15.2 Å². The highest BCUT2D eigenvalue weighted by molar-refractivity contribution is 5.79. The fraction of sp³-hybridized carbons (Fsp3) is 0.227. The summed E-state index contributed by atoms with van der Waals surface area (Å²) in [6.07, 6.45) is 1.72. The van der Waals surface area contributed by atoms with Crippen LogP contribution in [0.3, 0.4) is 0 Å². The summed E-state index contributed by atoms with van der Waals surface area (Å²) in [7, 11) is 0. The first-order valence-electron chi connectivity index (χ1n) is 9.56. The predicted octanol–water partition coefficient (Wildman–Crippen LogP) is 3.67. The Bertz CT molecular complexity index is 1190. The minimum atomic E-state index is -0.462. The van der Waals surface area contributed by atoms with Gasteiger partial charge in [0.2, 0.25) is 0 Å². The summed E-state index contributed by atoms with van der Waals surface area (Å²) < 4.78 is 24.3. The van der Waals surface area contributed by atoms with E-state index < -0.39 is 5.76 Å². The monoisotopic (exact) mass is 393 g/mol. The average Bonchev–Trinajstić information content (AvgIpc) is 3.34. The van der Waals surface area contributed by atoms with Crippen LogP contribution in [0.15, 0.2) is 68.4 Å². The number of halogens is 1. The van der Waals surface area contributed by atoms with E-state index >= 15 is 0 Å². The second kappa shape index (κ2) is 7.35. The molecule has 0 aliphatic carbocycles. The third kappa shape index (κ3) is 3.62. The lowest BCUT2D eigenvalue weighted by molar-refractivity contribution is 0.143. The molecule has 2 aromatic heterocycles. The number of piperazine rings is 1. The first-order valence-corrected chi connectivity index (χ1v) is 9.56. The molecule has 0 amide bonds. The van der Waals surface area contributed by atoms with Gasteiger partial charge in [0.15, 0.2) is 5.58 Å². The summed E-state index contributed by atoms with van der Waals surface area (Å²) >= 11 is 0. The molecule has 29 heavy (non-hydrogen) atoms. The lowest BCUT2D eigenvalue weighted by atomic mass is 10.0. The molecule has 0 radical (unpaired) electrons. The Balaban J connectivity index is 1.37. The quantitative estimate of drug-likeness (QED) is 0.553. The van der Waals surface area contributed by atoms with Crippen LogP contribution in [0.5, 0.6) is 0 Å². The molecular formula is C22H20FN3O3. The summed E-state index contributed by atoms with van der Waals surface area (Å²) in [6.45, 7) is 3.24. The highest BCUT2D eigenvalue weighted by atomic mass is 19.1. The van der Waals surface area contributed by atoms with Crippen molar-refractivity contribution in [1.29, 1.82) is 0 Å². The van der Waals surface area contributed by atoms with Crippen molar-refractivity contribution in [2.24, 2.45) is 0 Å². The predicted molar refractivity (Wildman–Crippen MR) is 107 cm³/mol. The zero-order chi connectivity index (χ0) is 19.8. The molecule has 1 fully saturated rings. The Labute approximate surface area is 165 Å². The molecule has 5 rings (SSSR count). The number of hydrogen-bond acceptors (Lipinski definition) is 5. The Morgan fingerprint density at radius 1 is 1.10 bits per heavy atom. The molecule has 2 N–H and O–H groups in total. The van der Waals surface area contributed by atoms with Crippen molar-refractivity contribution in [3.8, 4) is 11.1 Å². The van der Waals surface area contributed by atoms with Gasteiger partial charge in [0.1, 0.15) is 11.6 Å². The Morgan fingerprint density at radius 2 is 1.97 bits per heavy atom. The minimum absolute atomic E-state index is 0.156. The maximum atomic E-state index is 13.3. The Morgan fingerprint density at radius 3 is 2.83 bits per heavy atom. The van der Waals surface area contributed by atoms with E-state index in [0.29, 0.717) is 17.6 Å². The highest BCUT2D eigenvalue weighted by Crippen LogP contribution is 2.28. The van der Waals surface area contributed by atoms with Crippen molar-refractivity contribution in [3.05, 3.63) is 82.5 Å². The number of furan rings is 1. The average molecular weight is 393 g/mol. The molecule has 0 unspecified atom stereocenters. The van der Waals surface area contributed by atoms with Gasteiger partial charge in [-0.15, -0.1) is 0 Å². The van der Waals surface area contributed by atoms with E-state index in [9.17, 15) is 9.18 Å². The molecule has 0 saturated carbocycles. The van der Waals surface area contributed by atoms with E-state index in [-0.39, 0.29) is 11.9 Å². The molecule has 1 atom stereocenters. The van der Waals surface area contributed by atoms with Crippen LogP contribution in [-0.2, 0) is 6.54 Å². The maximum Gasteiger partial charge on any atom is 0.417 e. The third-order valence-electron chi connectivity index (χ3n) is 5.38. The molecule has 1 aliphatic heterocycles. The first-order chi connectivity index (χ1) is 14.2. The van der Waals surface area contributed by atoms with Gasteiger partial charge < -0.3 is 14.2 Å². The number of nitrogens with one attached hydrogen (secondary N) is 2. The summed E-state index contributed by atoms with van der Waals surface area (Å²) in [5.74, 6) is 0.162. The Hall–Kier alpha value is -3.16. The first kappa shape index (κ1) is 17.9. The number of aromatic amines is 1. The molecule has 2 aromatic carbocycles. The number of aromatic nitrogens is 1. The zero-order valence-electron chi connectivity index (χ0n) is 15.7. The highest BCUT2D eigenvalue weighted by Gasteiger charge is 2.25. The van der Waals surface area contributed by atoms with Crippen LogP contribution < -0.4 is 11.1 Å². The van der Waals surface area contributed by atoms with Crippen molar-refractivity contribution in [2.45, 2.75) is 12.6 Å². The fourth-order valence-corrected chi connectivity index (χ4v) is 3.89. The molecule has 1 saturated heterocycles. The van der Waals surface area contributed by atoms with Crippen molar-refractivity contribution < 1.29 is 13.2 Å². The topological polar surface area (TPSA) is 74.4 Å². The van der Waals surface area contributed by atoms with Gasteiger partial charge in [0.05, 0.1) is 18.3 Å². The van der Waals surface area contributed by atoms with Crippen LogP contribution >= 0.6 is 0 Å². The van der Waals surface area contributed by atoms with Crippen LogP contribution in [0, 0.1) is 5.82 Å². The second-order valence-corrected chi connectivity index (χ2v) is 7.27. The molecule has 3 heterocycles. The van der Waals surface area contributed by atoms with Crippen LogP contribution in [-0.4, -0.2) is 29.5 Å². The van der Waals surface area contributed by atoms with E-state index in [4.69, 9.17) is 8.83 Å². The van der Waals surface area contributed by atoms with E-state index in [1.165, 1.54) is 12.1 Å². The molecule has 148 valence electrons. The molecule has 0 bridgehead atoms. The number of fused-ring (bicyclic) bond motifs is 1. The van der Waals surface area contributed by atoms with Crippen molar-refractivity contribution >= 4 is 11.1 Å². The third-order valence-corrected chi connectivity index (χ3v) is 5.38. The smallest absolute Gasteiger partial charge is 0.417 e. The van der Waals surface area contributed by atoms with Crippen LogP contribution in [0.2, 0.25) is 0 Å². The minimum Gasteiger partial charge on any atom is -0.467 e. The number of hydrogen-bond donors (Lipinski definition) is 2.